The van der Waals surface area contributed by atoms with E-state index >= 15 is 0 Å². The Labute approximate surface area is 187 Å². The van der Waals surface area contributed by atoms with E-state index < -0.39 is 0 Å². The van der Waals surface area contributed by atoms with Crippen LogP contribution in [0.3, 0.4) is 0 Å². The van der Waals surface area contributed by atoms with Gasteiger partial charge in [-0.25, -0.2) is 4.98 Å². The quantitative estimate of drug-likeness (QED) is 0.599. The molecule has 1 aromatic carbocycles. The van der Waals surface area contributed by atoms with Gasteiger partial charge < -0.3 is 15.0 Å². The number of amides is 1. The molecule has 0 saturated carbocycles. The lowest BCUT2D eigenvalue weighted by atomic mass is 10.0. The summed E-state index contributed by atoms with van der Waals surface area (Å²) >= 11 is 1.65. The highest BCUT2D eigenvalue weighted by molar-refractivity contribution is 7.15. The summed E-state index contributed by atoms with van der Waals surface area (Å²) in [5.41, 5.74) is 5.59. The average molecular weight is 437 g/mol. The molecule has 6 nitrogen and oxygen atoms in total. The number of carbonyl (C=O) groups is 1. The number of aryl methyl sites for hydroxylation is 4. The number of anilines is 2. The highest BCUT2D eigenvalue weighted by Crippen LogP contribution is 2.32. The Morgan fingerprint density at radius 2 is 2.00 bits per heavy atom. The molecular formula is C24H28N4O2S. The fourth-order valence-corrected chi connectivity index (χ4v) is 4.91. The summed E-state index contributed by atoms with van der Waals surface area (Å²) < 4.78 is 5.49. The summed E-state index contributed by atoms with van der Waals surface area (Å²) in [4.78, 5) is 25.6. The first kappa shape index (κ1) is 21.3. The van der Waals surface area contributed by atoms with Crippen molar-refractivity contribution in [3.8, 4) is 5.75 Å². The molecule has 3 heterocycles. The molecule has 1 N–H and O–H groups in total. The molecule has 7 heteroatoms. The highest BCUT2D eigenvalue weighted by atomic mass is 32.1. The molecule has 0 spiro atoms. The summed E-state index contributed by atoms with van der Waals surface area (Å²) in [5, 5.41) is 4.31. The minimum Gasteiger partial charge on any atom is -0.496 e. The van der Waals surface area contributed by atoms with Gasteiger partial charge in [0.1, 0.15) is 5.75 Å². The van der Waals surface area contributed by atoms with E-state index in [2.05, 4.69) is 23.3 Å². The standard InChI is InChI=1S/C24H28N4O2S/c1-14-7-6-8-20(22(14)30-5)23(29)28-10-9-18(13-28)21-12-19(11-15(2)25-21)27-24-26-16(3)17(4)31-24/h6-8,11-12,18H,9-10,13H2,1-5H3,(H,25,26,27). The van der Waals surface area contributed by atoms with Gasteiger partial charge >= 0.3 is 0 Å². The second-order valence-corrected chi connectivity index (χ2v) is 9.30. The summed E-state index contributed by atoms with van der Waals surface area (Å²) in [6.07, 6.45) is 0.894. The number of hydrogen-bond donors (Lipinski definition) is 1. The number of nitrogens with one attached hydrogen (secondary N) is 1. The number of carbonyl (C=O) groups excluding carboxylic acids is 1. The van der Waals surface area contributed by atoms with Gasteiger partial charge in [0.2, 0.25) is 0 Å². The molecule has 3 aromatic rings. The number of aromatic nitrogens is 2. The van der Waals surface area contributed by atoms with Gasteiger partial charge in [-0.05, 0) is 57.9 Å². The molecular weight excluding hydrogens is 408 g/mol. The predicted molar refractivity (Wildman–Crippen MR) is 125 cm³/mol. The lowest BCUT2D eigenvalue weighted by Crippen LogP contribution is -2.29. The second-order valence-electron chi connectivity index (χ2n) is 8.10. The van der Waals surface area contributed by atoms with E-state index in [1.54, 1.807) is 18.4 Å². The summed E-state index contributed by atoms with van der Waals surface area (Å²) in [6, 6.07) is 9.82. The van der Waals surface area contributed by atoms with Crippen molar-refractivity contribution >= 4 is 28.1 Å². The maximum Gasteiger partial charge on any atom is 0.257 e. The number of hydrogen-bond acceptors (Lipinski definition) is 6. The summed E-state index contributed by atoms with van der Waals surface area (Å²) in [6.45, 7) is 9.43. The van der Waals surface area contributed by atoms with Crippen molar-refractivity contribution in [2.24, 2.45) is 0 Å². The SMILES string of the molecule is COc1c(C)cccc1C(=O)N1CCC(c2cc(Nc3nc(C)c(C)s3)cc(C)n2)C1. The Kier molecular flexibility index (Phi) is 5.96. The Hall–Kier alpha value is -2.93. The number of thiazole rings is 1. The van der Waals surface area contributed by atoms with Crippen molar-refractivity contribution in [2.45, 2.75) is 40.0 Å². The van der Waals surface area contributed by atoms with Crippen LogP contribution < -0.4 is 10.1 Å². The molecule has 31 heavy (non-hydrogen) atoms. The van der Waals surface area contributed by atoms with Crippen LogP contribution in [0.5, 0.6) is 5.75 Å². The Balaban J connectivity index is 1.52. The topological polar surface area (TPSA) is 67.3 Å². The van der Waals surface area contributed by atoms with Crippen molar-refractivity contribution in [3.05, 3.63) is 63.4 Å². The summed E-state index contributed by atoms with van der Waals surface area (Å²) in [5.74, 6) is 0.882. The molecule has 1 aliphatic heterocycles. The number of benzene rings is 1. The normalized spacial score (nSPS) is 15.9. The highest BCUT2D eigenvalue weighted by Gasteiger charge is 2.30. The molecule has 1 unspecified atom stereocenters. The van der Waals surface area contributed by atoms with E-state index in [0.717, 1.165) is 39.9 Å². The first-order chi connectivity index (χ1) is 14.9. The van der Waals surface area contributed by atoms with Crippen LogP contribution >= 0.6 is 11.3 Å². The van der Waals surface area contributed by atoms with E-state index in [0.29, 0.717) is 24.4 Å². The minimum atomic E-state index is 0.0165. The van der Waals surface area contributed by atoms with E-state index in [9.17, 15) is 4.79 Å². The van der Waals surface area contributed by atoms with Crippen LogP contribution in [0, 0.1) is 27.7 Å². The van der Waals surface area contributed by atoms with Gasteiger partial charge in [0.15, 0.2) is 5.13 Å². The fourth-order valence-electron chi connectivity index (χ4n) is 4.07. The second kappa shape index (κ2) is 8.67. The maximum atomic E-state index is 13.2. The number of pyridine rings is 1. The maximum absolute atomic E-state index is 13.2. The molecule has 0 bridgehead atoms. The third-order valence-electron chi connectivity index (χ3n) is 5.79. The van der Waals surface area contributed by atoms with E-state index in [-0.39, 0.29) is 11.8 Å². The first-order valence-corrected chi connectivity index (χ1v) is 11.3. The lowest BCUT2D eigenvalue weighted by molar-refractivity contribution is 0.0787. The largest absolute Gasteiger partial charge is 0.496 e. The van der Waals surface area contributed by atoms with Crippen molar-refractivity contribution < 1.29 is 9.53 Å². The van der Waals surface area contributed by atoms with E-state index in [4.69, 9.17) is 9.72 Å². The first-order valence-electron chi connectivity index (χ1n) is 10.5. The zero-order chi connectivity index (χ0) is 22.1. The predicted octanol–water partition coefficient (Wildman–Crippen LogP) is 5.15. The Bertz CT molecular complexity index is 1110. The van der Waals surface area contributed by atoms with Crippen molar-refractivity contribution in [1.82, 2.24) is 14.9 Å². The van der Waals surface area contributed by atoms with Crippen LogP contribution in [-0.2, 0) is 0 Å². The van der Waals surface area contributed by atoms with Gasteiger partial charge in [0.05, 0.1) is 18.4 Å². The van der Waals surface area contributed by atoms with Crippen molar-refractivity contribution in [1.29, 1.82) is 0 Å². The zero-order valence-electron chi connectivity index (χ0n) is 18.7. The van der Waals surface area contributed by atoms with Gasteiger partial charge in [-0.1, -0.05) is 12.1 Å². The summed E-state index contributed by atoms with van der Waals surface area (Å²) in [7, 11) is 1.61. The zero-order valence-corrected chi connectivity index (χ0v) is 19.5. The minimum absolute atomic E-state index is 0.0165. The van der Waals surface area contributed by atoms with Crippen LogP contribution in [0.25, 0.3) is 0 Å². The monoisotopic (exact) mass is 436 g/mol. The molecule has 1 saturated heterocycles. The number of rotatable bonds is 5. The molecule has 2 aromatic heterocycles. The van der Waals surface area contributed by atoms with Gasteiger partial charge in [0.25, 0.3) is 5.91 Å². The van der Waals surface area contributed by atoms with Crippen molar-refractivity contribution in [3.63, 3.8) is 0 Å². The molecule has 0 radical (unpaired) electrons. The third-order valence-corrected chi connectivity index (χ3v) is 6.78. The van der Waals surface area contributed by atoms with E-state index in [1.807, 2.05) is 49.9 Å². The molecule has 162 valence electrons. The van der Waals surface area contributed by atoms with Gasteiger partial charge in [0, 0.05) is 41.0 Å². The van der Waals surface area contributed by atoms with Crippen LogP contribution in [0.4, 0.5) is 10.8 Å². The number of nitrogens with zero attached hydrogens (tertiary/aromatic N) is 3. The Morgan fingerprint density at radius 1 is 1.19 bits per heavy atom. The fraction of sp³-hybridized carbons (Fsp3) is 0.375. The molecule has 4 rings (SSSR count). The van der Waals surface area contributed by atoms with Gasteiger partial charge in [-0.15, -0.1) is 11.3 Å². The smallest absolute Gasteiger partial charge is 0.257 e. The molecule has 0 aliphatic carbocycles. The molecule has 1 fully saturated rings. The lowest BCUT2D eigenvalue weighted by Gasteiger charge is -2.19. The number of methoxy groups -OCH3 is 1. The van der Waals surface area contributed by atoms with Gasteiger partial charge in [-0.2, -0.15) is 0 Å². The van der Waals surface area contributed by atoms with E-state index in [1.165, 1.54) is 4.88 Å². The number of ether oxygens (including phenoxy) is 1. The van der Waals surface area contributed by atoms with Crippen molar-refractivity contribution in [2.75, 3.05) is 25.5 Å². The number of likely N-dealkylation sites (tertiary alicyclic amines) is 1. The molecule has 1 atom stereocenters. The average Bonchev–Trinajstić information content (AvgIpc) is 3.34. The van der Waals surface area contributed by atoms with Crippen LogP contribution in [0.2, 0.25) is 0 Å². The van der Waals surface area contributed by atoms with Gasteiger partial charge in [-0.3, -0.25) is 9.78 Å². The molecule has 1 aliphatic rings. The Morgan fingerprint density at radius 3 is 2.71 bits per heavy atom. The molecule has 1 amide bonds. The van der Waals surface area contributed by atoms with Crippen LogP contribution in [0.15, 0.2) is 30.3 Å². The third kappa shape index (κ3) is 4.42. The van der Waals surface area contributed by atoms with Crippen LogP contribution in [-0.4, -0.2) is 41.0 Å². The van der Waals surface area contributed by atoms with Crippen LogP contribution in [0.1, 0.15) is 50.2 Å². The number of para-hydroxylation sites is 1.